The van der Waals surface area contributed by atoms with Gasteiger partial charge in [0.25, 0.3) is 0 Å². The van der Waals surface area contributed by atoms with Gasteiger partial charge in [-0.05, 0) is 68.2 Å². The van der Waals surface area contributed by atoms with Crippen LogP contribution < -0.4 is 5.48 Å². The van der Waals surface area contributed by atoms with E-state index >= 15 is 0 Å². The van der Waals surface area contributed by atoms with Crippen molar-refractivity contribution in [3.8, 4) is 0 Å². The molecule has 1 aliphatic rings. The van der Waals surface area contributed by atoms with E-state index in [4.69, 9.17) is 15.2 Å². The molecule has 1 aliphatic carbocycles. The van der Waals surface area contributed by atoms with Crippen molar-refractivity contribution in [1.29, 1.82) is 0 Å². The quantitative estimate of drug-likeness (QED) is 0.526. The summed E-state index contributed by atoms with van der Waals surface area (Å²) >= 11 is 0. The highest BCUT2D eigenvalue weighted by Gasteiger charge is 2.30. The van der Waals surface area contributed by atoms with E-state index in [1.165, 1.54) is 16.7 Å². The van der Waals surface area contributed by atoms with Gasteiger partial charge in [-0.1, -0.05) is 26.0 Å². The molecule has 1 saturated carbocycles. The van der Waals surface area contributed by atoms with E-state index in [1.54, 1.807) is 0 Å². The smallest absolute Gasteiger partial charge is 0.246 e. The van der Waals surface area contributed by atoms with Gasteiger partial charge in [0.15, 0.2) is 0 Å². The van der Waals surface area contributed by atoms with Crippen LogP contribution in [-0.2, 0) is 17.9 Å². The van der Waals surface area contributed by atoms with Crippen molar-refractivity contribution in [3.05, 3.63) is 58.7 Å². The van der Waals surface area contributed by atoms with Crippen molar-refractivity contribution in [2.24, 2.45) is 5.92 Å². The second kappa shape index (κ2) is 10.1. The highest BCUT2D eigenvalue weighted by molar-refractivity contribution is 5.77. The predicted molar refractivity (Wildman–Crippen MR) is 117 cm³/mol. The van der Waals surface area contributed by atoms with Gasteiger partial charge in [0.1, 0.15) is 0 Å². The number of hydrogen-bond acceptors (Lipinski definition) is 5. The molecule has 1 amide bonds. The second-order valence-corrected chi connectivity index (χ2v) is 8.86. The molecular weight excluding hydrogens is 376 g/mol. The first-order chi connectivity index (χ1) is 14.4. The Balaban J connectivity index is 1.83. The SMILES string of the molecule is Cc1cnc(CN(Cc2ncccc2C(C)C)[C@H]2CC[C@H](C(=O)NO)CC2)c(C)c1. The summed E-state index contributed by atoms with van der Waals surface area (Å²) in [6, 6.07) is 6.72. The second-order valence-electron chi connectivity index (χ2n) is 8.86. The van der Waals surface area contributed by atoms with E-state index in [-0.39, 0.29) is 11.8 Å². The molecule has 6 nitrogen and oxygen atoms in total. The zero-order valence-electron chi connectivity index (χ0n) is 18.6. The predicted octanol–water partition coefficient (Wildman–Crippen LogP) is 4.28. The lowest BCUT2D eigenvalue weighted by atomic mass is 9.84. The summed E-state index contributed by atoms with van der Waals surface area (Å²) in [5.41, 5.74) is 7.69. The molecule has 162 valence electrons. The third-order valence-corrected chi connectivity index (χ3v) is 6.27. The van der Waals surface area contributed by atoms with Crippen molar-refractivity contribution in [2.45, 2.75) is 78.4 Å². The summed E-state index contributed by atoms with van der Waals surface area (Å²) in [7, 11) is 0. The van der Waals surface area contributed by atoms with Crippen LogP contribution in [0.3, 0.4) is 0 Å². The van der Waals surface area contributed by atoms with Gasteiger partial charge in [-0.2, -0.15) is 0 Å². The number of aryl methyl sites for hydroxylation is 2. The van der Waals surface area contributed by atoms with E-state index in [9.17, 15) is 4.79 Å². The first-order valence-corrected chi connectivity index (χ1v) is 10.9. The number of nitrogens with one attached hydrogen (secondary N) is 1. The van der Waals surface area contributed by atoms with E-state index in [0.29, 0.717) is 12.0 Å². The highest BCUT2D eigenvalue weighted by Crippen LogP contribution is 2.30. The van der Waals surface area contributed by atoms with E-state index in [0.717, 1.165) is 50.2 Å². The lowest BCUT2D eigenvalue weighted by Crippen LogP contribution is -2.40. The van der Waals surface area contributed by atoms with E-state index in [1.807, 2.05) is 23.9 Å². The molecule has 2 aromatic rings. The fourth-order valence-corrected chi connectivity index (χ4v) is 4.51. The number of hydrogen-bond donors (Lipinski definition) is 2. The number of amides is 1. The largest absolute Gasteiger partial charge is 0.289 e. The molecule has 3 rings (SSSR count). The lowest BCUT2D eigenvalue weighted by Gasteiger charge is -2.36. The van der Waals surface area contributed by atoms with E-state index in [2.05, 4.69) is 44.7 Å². The Morgan fingerprint density at radius 3 is 2.50 bits per heavy atom. The fourth-order valence-electron chi connectivity index (χ4n) is 4.51. The van der Waals surface area contributed by atoms with Crippen LogP contribution in [0.4, 0.5) is 0 Å². The Morgan fingerprint density at radius 2 is 1.87 bits per heavy atom. The van der Waals surface area contributed by atoms with Gasteiger partial charge in [-0.3, -0.25) is 24.9 Å². The topological polar surface area (TPSA) is 78.4 Å². The summed E-state index contributed by atoms with van der Waals surface area (Å²) in [5, 5.41) is 8.96. The first-order valence-electron chi connectivity index (χ1n) is 10.9. The van der Waals surface area contributed by atoms with Crippen LogP contribution in [0.2, 0.25) is 0 Å². The Bertz CT molecular complexity index is 860. The summed E-state index contributed by atoms with van der Waals surface area (Å²) in [5.74, 6) is 0.0510. The molecule has 2 aromatic heterocycles. The molecule has 2 heterocycles. The van der Waals surface area contributed by atoms with Gasteiger partial charge in [0, 0.05) is 37.4 Å². The molecule has 0 atom stereocenters. The number of hydroxylamine groups is 1. The average molecular weight is 411 g/mol. The normalized spacial score (nSPS) is 19.3. The third kappa shape index (κ3) is 5.43. The zero-order valence-corrected chi connectivity index (χ0v) is 18.6. The van der Waals surface area contributed by atoms with Gasteiger partial charge in [0.05, 0.1) is 11.4 Å². The Labute approximate surface area is 179 Å². The zero-order chi connectivity index (χ0) is 21.7. The number of carbonyl (C=O) groups is 1. The van der Waals surface area contributed by atoms with Crippen molar-refractivity contribution >= 4 is 5.91 Å². The standard InChI is InChI=1S/C24H34N4O2/c1-16(2)21-6-5-11-25-23(21)15-28(14-22-18(4)12-17(3)13-26-22)20-9-7-19(8-10-20)24(29)27-30/h5-6,11-13,16,19-20,30H,7-10,14-15H2,1-4H3,(H,27,29)/t19-,20-. The molecular formula is C24H34N4O2. The van der Waals surface area contributed by atoms with Crippen molar-refractivity contribution in [2.75, 3.05) is 0 Å². The molecule has 6 heteroatoms. The van der Waals surface area contributed by atoms with Crippen molar-refractivity contribution < 1.29 is 10.0 Å². The molecule has 0 spiro atoms. The third-order valence-electron chi connectivity index (χ3n) is 6.27. The molecule has 0 saturated heterocycles. The fraction of sp³-hybridized carbons (Fsp3) is 0.542. The van der Waals surface area contributed by atoms with Crippen LogP contribution in [0.5, 0.6) is 0 Å². The Morgan fingerprint density at radius 1 is 1.17 bits per heavy atom. The number of pyridine rings is 2. The minimum atomic E-state index is -0.261. The average Bonchev–Trinajstić information content (AvgIpc) is 2.74. The molecule has 1 fully saturated rings. The van der Waals surface area contributed by atoms with Crippen LogP contribution in [0, 0.1) is 19.8 Å². The number of carbonyl (C=O) groups excluding carboxylic acids is 1. The monoisotopic (exact) mass is 410 g/mol. The maximum Gasteiger partial charge on any atom is 0.246 e. The van der Waals surface area contributed by atoms with Crippen LogP contribution in [0.25, 0.3) is 0 Å². The number of aromatic nitrogens is 2. The number of rotatable bonds is 7. The first kappa shape index (κ1) is 22.4. The Kier molecular flexibility index (Phi) is 7.56. The van der Waals surface area contributed by atoms with Gasteiger partial charge in [0.2, 0.25) is 5.91 Å². The van der Waals surface area contributed by atoms with Crippen molar-refractivity contribution in [1.82, 2.24) is 20.3 Å². The summed E-state index contributed by atoms with van der Waals surface area (Å²) in [6.45, 7) is 10.1. The van der Waals surface area contributed by atoms with Gasteiger partial charge < -0.3 is 0 Å². The molecule has 0 aromatic carbocycles. The number of nitrogens with zero attached hydrogens (tertiary/aromatic N) is 3. The summed E-state index contributed by atoms with van der Waals surface area (Å²) in [6.07, 6.45) is 7.22. The van der Waals surface area contributed by atoms with Crippen LogP contribution in [0.1, 0.15) is 73.5 Å². The van der Waals surface area contributed by atoms with Crippen LogP contribution in [-0.4, -0.2) is 32.0 Å². The minimum Gasteiger partial charge on any atom is -0.289 e. The molecule has 0 aliphatic heterocycles. The maximum absolute atomic E-state index is 11.8. The van der Waals surface area contributed by atoms with Gasteiger partial charge >= 0.3 is 0 Å². The van der Waals surface area contributed by atoms with E-state index < -0.39 is 0 Å². The molecule has 0 unspecified atom stereocenters. The minimum absolute atomic E-state index is 0.103. The van der Waals surface area contributed by atoms with Crippen LogP contribution in [0.15, 0.2) is 30.6 Å². The molecule has 0 bridgehead atoms. The van der Waals surface area contributed by atoms with Crippen molar-refractivity contribution in [3.63, 3.8) is 0 Å². The summed E-state index contributed by atoms with van der Waals surface area (Å²) < 4.78 is 0. The van der Waals surface area contributed by atoms with Crippen LogP contribution >= 0.6 is 0 Å². The lowest BCUT2D eigenvalue weighted by molar-refractivity contribution is -0.134. The maximum atomic E-state index is 11.8. The molecule has 2 N–H and O–H groups in total. The summed E-state index contributed by atoms with van der Waals surface area (Å²) in [4.78, 5) is 23.7. The Hall–Kier alpha value is -2.31. The van der Waals surface area contributed by atoms with Gasteiger partial charge in [-0.15, -0.1) is 0 Å². The van der Waals surface area contributed by atoms with Gasteiger partial charge in [-0.25, -0.2) is 5.48 Å². The highest BCUT2D eigenvalue weighted by atomic mass is 16.5. The molecule has 30 heavy (non-hydrogen) atoms. The molecule has 0 radical (unpaired) electrons.